The summed E-state index contributed by atoms with van der Waals surface area (Å²) in [6, 6.07) is 8.43. The van der Waals surface area contributed by atoms with Gasteiger partial charge in [-0.15, -0.1) is 5.10 Å². The smallest absolute Gasteiger partial charge is 0.165 e. The van der Waals surface area contributed by atoms with Crippen LogP contribution in [0.15, 0.2) is 24.3 Å². The van der Waals surface area contributed by atoms with Gasteiger partial charge in [0.15, 0.2) is 11.6 Å². The average molecular weight is 326 g/mol. The molecule has 2 heterocycles. The van der Waals surface area contributed by atoms with E-state index in [-0.39, 0.29) is 5.78 Å². The number of carbonyl (C=O) groups is 1. The third-order valence-corrected chi connectivity index (χ3v) is 4.83. The fraction of sp³-hybridized carbons (Fsp3) is 0.529. The molecule has 1 aliphatic heterocycles. The van der Waals surface area contributed by atoms with Crippen molar-refractivity contribution in [3.63, 3.8) is 0 Å². The molecule has 7 nitrogen and oxygen atoms in total. The van der Waals surface area contributed by atoms with Crippen LogP contribution in [-0.2, 0) is 6.54 Å². The van der Waals surface area contributed by atoms with Crippen molar-refractivity contribution in [2.75, 3.05) is 31.1 Å². The van der Waals surface area contributed by atoms with E-state index >= 15 is 0 Å². The van der Waals surface area contributed by atoms with Crippen LogP contribution in [0.3, 0.4) is 0 Å². The number of Topliss-reactive ketones (excluding diaryl/α,β-unsaturated/α-hetero) is 1. The van der Waals surface area contributed by atoms with Crippen LogP contribution in [0.4, 0.5) is 5.69 Å². The van der Waals surface area contributed by atoms with Gasteiger partial charge in [0.25, 0.3) is 0 Å². The van der Waals surface area contributed by atoms with Crippen molar-refractivity contribution in [2.24, 2.45) is 0 Å². The van der Waals surface area contributed by atoms with E-state index in [2.05, 4.69) is 25.3 Å². The molecule has 1 aliphatic carbocycles. The first-order chi connectivity index (χ1) is 11.7. The Labute approximate surface area is 141 Å². The standard InChI is InChI=1S/C17H22N6O/c1-13(24)14-2-4-15(5-3-14)22-10-8-21(9-11-22)12-17-18-19-20-23(17)16-6-7-16/h2-5,16H,6-12H2,1H3. The lowest BCUT2D eigenvalue weighted by Crippen LogP contribution is -2.46. The molecule has 0 atom stereocenters. The molecule has 0 radical (unpaired) electrons. The molecular weight excluding hydrogens is 304 g/mol. The fourth-order valence-electron chi connectivity index (χ4n) is 3.19. The van der Waals surface area contributed by atoms with Gasteiger partial charge in [-0.2, -0.15) is 0 Å². The molecule has 2 aromatic rings. The molecule has 126 valence electrons. The summed E-state index contributed by atoms with van der Waals surface area (Å²) in [5.74, 6) is 1.09. The second kappa shape index (κ2) is 6.32. The molecule has 2 fully saturated rings. The Morgan fingerprint density at radius 2 is 1.83 bits per heavy atom. The first-order valence-corrected chi connectivity index (χ1v) is 8.56. The Kier molecular flexibility index (Phi) is 4.02. The van der Waals surface area contributed by atoms with Crippen molar-refractivity contribution >= 4 is 11.5 Å². The molecule has 1 saturated carbocycles. The summed E-state index contributed by atoms with van der Waals surface area (Å²) < 4.78 is 1.99. The van der Waals surface area contributed by atoms with Crippen LogP contribution in [0.1, 0.15) is 42.0 Å². The van der Waals surface area contributed by atoms with Gasteiger partial charge in [0.05, 0.1) is 12.6 Å². The van der Waals surface area contributed by atoms with Crippen molar-refractivity contribution in [3.05, 3.63) is 35.7 Å². The summed E-state index contributed by atoms with van der Waals surface area (Å²) in [5.41, 5.74) is 1.95. The van der Waals surface area contributed by atoms with Crippen molar-refractivity contribution < 1.29 is 4.79 Å². The highest BCUT2D eigenvalue weighted by Crippen LogP contribution is 2.34. The lowest BCUT2D eigenvalue weighted by molar-refractivity contribution is 0.101. The van der Waals surface area contributed by atoms with E-state index in [9.17, 15) is 4.79 Å². The molecule has 0 amide bonds. The minimum atomic E-state index is 0.111. The SMILES string of the molecule is CC(=O)c1ccc(N2CCN(Cc3nnnn3C3CC3)CC2)cc1. The quantitative estimate of drug-likeness (QED) is 0.776. The molecule has 0 N–H and O–H groups in total. The number of tetrazole rings is 1. The van der Waals surface area contributed by atoms with E-state index in [1.165, 1.54) is 18.5 Å². The van der Waals surface area contributed by atoms with Crippen LogP contribution in [-0.4, -0.2) is 57.1 Å². The van der Waals surface area contributed by atoms with E-state index in [1.54, 1.807) is 6.92 Å². The summed E-state index contributed by atoms with van der Waals surface area (Å²) in [4.78, 5) is 16.1. The zero-order valence-corrected chi connectivity index (χ0v) is 13.9. The predicted octanol–water partition coefficient (Wildman–Crippen LogP) is 1.53. The summed E-state index contributed by atoms with van der Waals surface area (Å²) in [6.45, 7) is 6.36. The Hall–Kier alpha value is -2.28. The third-order valence-electron chi connectivity index (χ3n) is 4.83. The Morgan fingerprint density at radius 1 is 1.12 bits per heavy atom. The minimum absolute atomic E-state index is 0.111. The van der Waals surface area contributed by atoms with Gasteiger partial charge in [-0.25, -0.2) is 4.68 Å². The number of hydrogen-bond donors (Lipinski definition) is 0. The van der Waals surface area contributed by atoms with Crippen LogP contribution in [0.5, 0.6) is 0 Å². The van der Waals surface area contributed by atoms with Crippen molar-refractivity contribution in [1.82, 2.24) is 25.1 Å². The molecule has 24 heavy (non-hydrogen) atoms. The maximum atomic E-state index is 11.4. The maximum Gasteiger partial charge on any atom is 0.165 e. The Balaban J connectivity index is 1.34. The molecule has 0 spiro atoms. The van der Waals surface area contributed by atoms with E-state index in [0.29, 0.717) is 6.04 Å². The van der Waals surface area contributed by atoms with E-state index < -0.39 is 0 Å². The average Bonchev–Trinajstić information content (AvgIpc) is 3.35. The van der Waals surface area contributed by atoms with E-state index in [0.717, 1.165) is 44.1 Å². The normalized spacial score (nSPS) is 18.8. The highest BCUT2D eigenvalue weighted by atomic mass is 16.1. The number of piperazine rings is 1. The van der Waals surface area contributed by atoms with Gasteiger partial charge in [0.2, 0.25) is 0 Å². The molecule has 4 rings (SSSR count). The van der Waals surface area contributed by atoms with Crippen molar-refractivity contribution in [3.8, 4) is 0 Å². The lowest BCUT2D eigenvalue weighted by atomic mass is 10.1. The van der Waals surface area contributed by atoms with E-state index in [1.807, 2.05) is 28.9 Å². The number of hydrogen-bond acceptors (Lipinski definition) is 6. The van der Waals surface area contributed by atoms with Crippen LogP contribution >= 0.6 is 0 Å². The predicted molar refractivity (Wildman–Crippen MR) is 90.0 cm³/mol. The van der Waals surface area contributed by atoms with Gasteiger partial charge in [0.1, 0.15) is 0 Å². The summed E-state index contributed by atoms with van der Waals surface area (Å²) in [6.07, 6.45) is 2.39. The number of benzene rings is 1. The minimum Gasteiger partial charge on any atom is -0.369 e. The number of aromatic nitrogens is 4. The Bertz CT molecular complexity index is 713. The van der Waals surface area contributed by atoms with Crippen LogP contribution in [0, 0.1) is 0 Å². The van der Waals surface area contributed by atoms with Gasteiger partial charge in [0, 0.05) is 37.4 Å². The van der Waals surface area contributed by atoms with E-state index in [4.69, 9.17) is 0 Å². The second-order valence-electron chi connectivity index (χ2n) is 6.64. The Morgan fingerprint density at radius 3 is 2.46 bits per heavy atom. The molecule has 1 aromatic heterocycles. The molecular formula is C17H22N6O. The monoisotopic (exact) mass is 326 g/mol. The fourth-order valence-corrected chi connectivity index (χ4v) is 3.19. The maximum absolute atomic E-state index is 11.4. The highest BCUT2D eigenvalue weighted by molar-refractivity contribution is 5.94. The number of anilines is 1. The molecule has 2 aliphatic rings. The highest BCUT2D eigenvalue weighted by Gasteiger charge is 2.28. The number of carbonyl (C=O) groups excluding carboxylic acids is 1. The zero-order chi connectivity index (χ0) is 16.5. The van der Waals surface area contributed by atoms with Gasteiger partial charge >= 0.3 is 0 Å². The van der Waals surface area contributed by atoms with Crippen molar-refractivity contribution in [2.45, 2.75) is 32.4 Å². The number of ketones is 1. The number of rotatable bonds is 5. The second-order valence-corrected chi connectivity index (χ2v) is 6.64. The molecule has 0 unspecified atom stereocenters. The summed E-state index contributed by atoms with van der Waals surface area (Å²) in [7, 11) is 0. The molecule has 1 saturated heterocycles. The number of nitrogens with zero attached hydrogens (tertiary/aromatic N) is 6. The lowest BCUT2D eigenvalue weighted by Gasteiger charge is -2.35. The molecule has 0 bridgehead atoms. The van der Waals surface area contributed by atoms with Crippen LogP contribution in [0.2, 0.25) is 0 Å². The van der Waals surface area contributed by atoms with Gasteiger partial charge in [-0.05, 0) is 54.5 Å². The topological polar surface area (TPSA) is 67.2 Å². The van der Waals surface area contributed by atoms with Crippen LogP contribution < -0.4 is 4.90 Å². The van der Waals surface area contributed by atoms with Gasteiger partial charge in [-0.1, -0.05) is 0 Å². The first-order valence-electron chi connectivity index (χ1n) is 8.56. The third kappa shape index (κ3) is 3.17. The van der Waals surface area contributed by atoms with Gasteiger partial charge < -0.3 is 4.90 Å². The molecule has 1 aromatic carbocycles. The zero-order valence-electron chi connectivity index (χ0n) is 13.9. The summed E-state index contributed by atoms with van der Waals surface area (Å²) >= 11 is 0. The van der Waals surface area contributed by atoms with Gasteiger partial charge in [-0.3, -0.25) is 9.69 Å². The van der Waals surface area contributed by atoms with Crippen molar-refractivity contribution in [1.29, 1.82) is 0 Å². The summed E-state index contributed by atoms with van der Waals surface area (Å²) in [5, 5.41) is 12.1. The first kappa shape index (κ1) is 15.3. The molecule has 7 heteroatoms. The van der Waals surface area contributed by atoms with Crippen LogP contribution in [0.25, 0.3) is 0 Å². The largest absolute Gasteiger partial charge is 0.369 e.